The van der Waals surface area contributed by atoms with E-state index in [9.17, 15) is 9.90 Å². The van der Waals surface area contributed by atoms with Gasteiger partial charge in [0.1, 0.15) is 0 Å². The molecule has 0 bridgehead atoms. The third kappa shape index (κ3) is 5.34. The van der Waals surface area contributed by atoms with Gasteiger partial charge in [0.25, 0.3) is 5.91 Å². The van der Waals surface area contributed by atoms with E-state index in [4.69, 9.17) is 23.2 Å². The molecule has 1 saturated heterocycles. The summed E-state index contributed by atoms with van der Waals surface area (Å²) in [6.07, 6.45) is 0.877. The molecule has 3 aromatic rings. The summed E-state index contributed by atoms with van der Waals surface area (Å²) in [6, 6.07) is 20.0. The maximum absolute atomic E-state index is 12.7. The molecule has 5 nitrogen and oxygen atoms in total. The zero-order chi connectivity index (χ0) is 24.4. The third-order valence-electron chi connectivity index (χ3n) is 6.98. The highest BCUT2D eigenvalue weighted by atomic mass is 35.5. The molecule has 0 saturated carbocycles. The Kier molecular flexibility index (Phi) is 7.30. The second kappa shape index (κ2) is 10.6. The number of benzene rings is 3. The number of hydrogen-bond donors (Lipinski definition) is 2. The quantitative estimate of drug-likeness (QED) is 0.373. The highest BCUT2D eigenvalue weighted by Crippen LogP contribution is 2.36. The zero-order valence-corrected chi connectivity index (χ0v) is 21.0. The molecule has 5 rings (SSSR count). The number of hydrogen-bond acceptors (Lipinski definition) is 4. The van der Waals surface area contributed by atoms with E-state index in [0.717, 1.165) is 44.8 Å². The lowest BCUT2D eigenvalue weighted by Gasteiger charge is -2.36. The number of rotatable bonds is 7. The van der Waals surface area contributed by atoms with Crippen LogP contribution in [0.4, 0.5) is 5.69 Å². The van der Waals surface area contributed by atoms with Crippen LogP contribution in [0.2, 0.25) is 10.0 Å². The summed E-state index contributed by atoms with van der Waals surface area (Å²) in [4.78, 5) is 17.3. The van der Waals surface area contributed by atoms with E-state index < -0.39 is 6.10 Å². The molecule has 2 N–H and O–H groups in total. The van der Waals surface area contributed by atoms with E-state index in [1.807, 2.05) is 36.4 Å². The second-order valence-corrected chi connectivity index (χ2v) is 10.0. The lowest BCUT2D eigenvalue weighted by molar-refractivity contribution is 0.0897. The van der Waals surface area contributed by atoms with Gasteiger partial charge in [-0.05, 0) is 59.4 Å². The Bertz CT molecular complexity index is 1220. The summed E-state index contributed by atoms with van der Waals surface area (Å²) in [7, 11) is 0. The molecule has 1 amide bonds. The third-order valence-corrected chi connectivity index (χ3v) is 7.79. The molecule has 1 aliphatic carbocycles. The monoisotopic (exact) mass is 509 g/mol. The van der Waals surface area contributed by atoms with Crippen molar-refractivity contribution in [2.75, 3.05) is 44.2 Å². The van der Waals surface area contributed by atoms with Gasteiger partial charge in [-0.1, -0.05) is 59.6 Å². The van der Waals surface area contributed by atoms with Crippen molar-refractivity contribution in [3.8, 4) is 11.1 Å². The van der Waals surface area contributed by atoms with Crippen molar-refractivity contribution in [3.63, 3.8) is 0 Å². The van der Waals surface area contributed by atoms with Gasteiger partial charge in [0.2, 0.25) is 0 Å². The van der Waals surface area contributed by atoms with Crippen molar-refractivity contribution in [3.05, 3.63) is 87.4 Å². The van der Waals surface area contributed by atoms with Crippen molar-refractivity contribution in [2.45, 2.75) is 18.9 Å². The van der Waals surface area contributed by atoms with Gasteiger partial charge in [0.15, 0.2) is 0 Å². The summed E-state index contributed by atoms with van der Waals surface area (Å²) in [5.74, 6) is -0.144. The minimum Gasteiger partial charge on any atom is -0.391 e. The number of fused-ring (bicyclic) bond motifs is 3. The van der Waals surface area contributed by atoms with Gasteiger partial charge in [-0.2, -0.15) is 0 Å². The highest BCUT2D eigenvalue weighted by Gasteiger charge is 2.22. The topological polar surface area (TPSA) is 55.8 Å². The molecular formula is C28H29Cl2N3O2. The Morgan fingerprint density at radius 2 is 1.71 bits per heavy atom. The molecule has 182 valence electrons. The molecule has 3 aromatic carbocycles. The average Bonchev–Trinajstić information content (AvgIpc) is 3.26. The Morgan fingerprint density at radius 1 is 0.943 bits per heavy atom. The predicted molar refractivity (Wildman–Crippen MR) is 143 cm³/mol. The molecule has 1 atom stereocenters. The van der Waals surface area contributed by atoms with Crippen LogP contribution in [0.3, 0.4) is 0 Å². The van der Waals surface area contributed by atoms with E-state index in [-0.39, 0.29) is 12.5 Å². The Hall–Kier alpha value is -2.57. The van der Waals surface area contributed by atoms with Crippen LogP contribution >= 0.6 is 23.2 Å². The number of aliphatic hydroxyl groups is 1. The molecule has 7 heteroatoms. The van der Waals surface area contributed by atoms with Gasteiger partial charge < -0.3 is 15.3 Å². The normalized spacial score (nSPS) is 16.0. The predicted octanol–water partition coefficient (Wildman–Crippen LogP) is 4.87. The number of carbonyl (C=O) groups is 1. The minimum absolute atomic E-state index is 0.144. The van der Waals surface area contributed by atoms with Crippen LogP contribution in [0.5, 0.6) is 0 Å². The number of halogens is 2. The number of carbonyl (C=O) groups excluding carboxylic acids is 1. The van der Waals surface area contributed by atoms with Gasteiger partial charge in [-0.15, -0.1) is 0 Å². The molecule has 0 aromatic heterocycles. The summed E-state index contributed by atoms with van der Waals surface area (Å²) in [6.45, 7) is 4.52. The smallest absolute Gasteiger partial charge is 0.251 e. The first-order valence-electron chi connectivity index (χ1n) is 12.1. The van der Waals surface area contributed by atoms with E-state index in [1.54, 1.807) is 6.07 Å². The summed E-state index contributed by atoms with van der Waals surface area (Å²) >= 11 is 12.5. The molecule has 0 radical (unpaired) electrons. The van der Waals surface area contributed by atoms with E-state index in [1.165, 1.54) is 22.3 Å². The fourth-order valence-electron chi connectivity index (χ4n) is 4.98. The lowest BCUT2D eigenvalue weighted by Crippen LogP contribution is -2.47. The molecule has 1 heterocycles. The molecule has 1 aliphatic heterocycles. The Labute approximate surface area is 216 Å². The van der Waals surface area contributed by atoms with Crippen LogP contribution in [-0.4, -0.2) is 61.3 Å². The van der Waals surface area contributed by atoms with Gasteiger partial charge in [0.05, 0.1) is 21.8 Å². The molecule has 1 fully saturated rings. The number of amides is 1. The van der Waals surface area contributed by atoms with Gasteiger partial charge >= 0.3 is 0 Å². The van der Waals surface area contributed by atoms with Gasteiger partial charge in [-0.25, -0.2) is 0 Å². The first-order chi connectivity index (χ1) is 17.0. The van der Waals surface area contributed by atoms with Crippen molar-refractivity contribution in [1.82, 2.24) is 10.2 Å². The van der Waals surface area contributed by atoms with Gasteiger partial charge in [-0.3, -0.25) is 9.69 Å². The number of anilines is 1. The van der Waals surface area contributed by atoms with Gasteiger partial charge in [0, 0.05) is 44.8 Å². The second-order valence-electron chi connectivity index (χ2n) is 9.26. The summed E-state index contributed by atoms with van der Waals surface area (Å²) in [5.41, 5.74) is 6.54. The lowest BCUT2D eigenvalue weighted by atomic mass is 10.0. The van der Waals surface area contributed by atoms with E-state index in [0.29, 0.717) is 22.0 Å². The Balaban J connectivity index is 1.06. The fourth-order valence-corrected chi connectivity index (χ4v) is 5.40. The van der Waals surface area contributed by atoms with E-state index in [2.05, 4.69) is 33.3 Å². The van der Waals surface area contributed by atoms with Crippen LogP contribution in [0.25, 0.3) is 11.1 Å². The fraction of sp³-hybridized carbons (Fsp3) is 0.321. The van der Waals surface area contributed by atoms with Crippen LogP contribution in [0.15, 0.2) is 60.7 Å². The Morgan fingerprint density at radius 3 is 2.54 bits per heavy atom. The molecule has 1 unspecified atom stereocenters. The highest BCUT2D eigenvalue weighted by molar-refractivity contribution is 6.43. The molecular weight excluding hydrogens is 481 g/mol. The summed E-state index contributed by atoms with van der Waals surface area (Å²) < 4.78 is 0. The largest absolute Gasteiger partial charge is 0.391 e. The number of nitrogens with zero attached hydrogens (tertiary/aromatic N) is 2. The number of piperazine rings is 1. The average molecular weight is 510 g/mol. The molecule has 0 spiro atoms. The van der Waals surface area contributed by atoms with Crippen LogP contribution in [0.1, 0.15) is 27.9 Å². The molecule has 35 heavy (non-hydrogen) atoms. The number of nitrogens with one attached hydrogen (secondary N) is 1. The number of aliphatic hydroxyl groups excluding tert-OH is 1. The van der Waals surface area contributed by atoms with Crippen LogP contribution in [-0.2, 0) is 6.42 Å². The van der Waals surface area contributed by atoms with Crippen molar-refractivity contribution < 1.29 is 9.90 Å². The standard InChI is InChI=1S/C28H29Cl2N3O2/c29-25-6-3-7-26(27(25)30)33-14-12-32(13-15-33)11-10-22(34)18-31-28(35)20-8-9-24-21(17-20)16-19-4-1-2-5-23(19)24/h1-9,17,22,34H,10-16,18H2,(H,31,35). The maximum atomic E-state index is 12.7. The van der Waals surface area contributed by atoms with Crippen LogP contribution in [0, 0.1) is 0 Å². The van der Waals surface area contributed by atoms with Crippen molar-refractivity contribution in [1.29, 1.82) is 0 Å². The first kappa shape index (κ1) is 24.1. The molecule has 2 aliphatic rings. The SMILES string of the molecule is O=C(NCC(O)CCN1CCN(c2cccc(Cl)c2Cl)CC1)c1ccc2c(c1)Cc1ccccc1-2. The first-order valence-corrected chi connectivity index (χ1v) is 12.8. The van der Waals surface area contributed by atoms with Crippen LogP contribution < -0.4 is 10.2 Å². The minimum atomic E-state index is -0.585. The van der Waals surface area contributed by atoms with Crippen molar-refractivity contribution >= 4 is 34.8 Å². The van der Waals surface area contributed by atoms with Crippen molar-refractivity contribution in [2.24, 2.45) is 0 Å². The maximum Gasteiger partial charge on any atom is 0.251 e. The van der Waals surface area contributed by atoms with E-state index >= 15 is 0 Å². The zero-order valence-electron chi connectivity index (χ0n) is 19.5. The summed E-state index contributed by atoms with van der Waals surface area (Å²) in [5, 5.41) is 14.5.